The summed E-state index contributed by atoms with van der Waals surface area (Å²) in [5.74, 6) is 0. The molecule has 3 aliphatic rings. The van der Waals surface area contributed by atoms with Crippen molar-refractivity contribution in [3.05, 3.63) is 0 Å². The molecule has 0 atom stereocenters. The molecule has 1 saturated heterocycles. The lowest BCUT2D eigenvalue weighted by atomic mass is 9.86. The average molecular weight is 340 g/mol. The summed E-state index contributed by atoms with van der Waals surface area (Å²) in [6, 6.07) is 2.46. The monoisotopic (exact) mass is 339 g/mol. The summed E-state index contributed by atoms with van der Waals surface area (Å²) in [5, 5.41) is 19.1. The van der Waals surface area contributed by atoms with Crippen molar-refractivity contribution in [2.45, 2.75) is 88.7 Å². The zero-order valence-electron chi connectivity index (χ0n) is 15.8. The van der Waals surface area contributed by atoms with Gasteiger partial charge in [0.15, 0.2) is 0 Å². The summed E-state index contributed by atoms with van der Waals surface area (Å²) in [4.78, 5) is 7.73. The lowest BCUT2D eigenvalue weighted by molar-refractivity contribution is -0.0246. The summed E-state index contributed by atoms with van der Waals surface area (Å²) in [6.45, 7) is 9.23. The zero-order valence-corrected chi connectivity index (χ0v) is 15.8. The summed E-state index contributed by atoms with van der Waals surface area (Å²) in [7, 11) is 2.25. The minimum Gasteiger partial charge on any atom is -0.393 e. The lowest BCUT2D eigenvalue weighted by Gasteiger charge is -2.46. The van der Waals surface area contributed by atoms with Gasteiger partial charge in [-0.3, -0.25) is 4.90 Å². The second kappa shape index (κ2) is 8.00. The SMILES string of the molecule is CC(C)N(CCN1CCC(N(C)C2CC(O)C2)CC1)C1CC(O)C1. The van der Waals surface area contributed by atoms with E-state index in [0.29, 0.717) is 24.2 Å². The van der Waals surface area contributed by atoms with E-state index in [9.17, 15) is 10.2 Å². The van der Waals surface area contributed by atoms with Crippen LogP contribution in [0.1, 0.15) is 52.4 Å². The van der Waals surface area contributed by atoms with E-state index in [1.54, 1.807) is 0 Å². The van der Waals surface area contributed by atoms with Crippen molar-refractivity contribution in [2.24, 2.45) is 0 Å². The molecule has 0 aromatic rings. The molecule has 140 valence electrons. The molecule has 5 nitrogen and oxygen atoms in total. The van der Waals surface area contributed by atoms with Gasteiger partial charge in [0.05, 0.1) is 12.2 Å². The van der Waals surface area contributed by atoms with Crippen molar-refractivity contribution in [3.8, 4) is 0 Å². The van der Waals surface area contributed by atoms with Crippen LogP contribution in [0.3, 0.4) is 0 Å². The topological polar surface area (TPSA) is 50.2 Å². The first-order valence-electron chi connectivity index (χ1n) is 10.00. The Labute approximate surface area is 147 Å². The molecule has 3 fully saturated rings. The molecule has 1 heterocycles. The number of aliphatic hydroxyl groups is 2. The van der Waals surface area contributed by atoms with Crippen molar-refractivity contribution >= 4 is 0 Å². The molecular weight excluding hydrogens is 302 g/mol. The van der Waals surface area contributed by atoms with E-state index in [1.807, 2.05) is 0 Å². The van der Waals surface area contributed by atoms with Gasteiger partial charge in [-0.2, -0.15) is 0 Å². The molecule has 5 heteroatoms. The highest BCUT2D eigenvalue weighted by Crippen LogP contribution is 2.29. The van der Waals surface area contributed by atoms with Crippen LogP contribution in [0.2, 0.25) is 0 Å². The first kappa shape index (κ1) is 18.6. The molecule has 0 bridgehead atoms. The minimum atomic E-state index is -0.0624. The van der Waals surface area contributed by atoms with Crippen LogP contribution < -0.4 is 0 Å². The van der Waals surface area contributed by atoms with Crippen LogP contribution in [0.25, 0.3) is 0 Å². The number of likely N-dealkylation sites (tertiary alicyclic amines) is 1. The van der Waals surface area contributed by atoms with Crippen molar-refractivity contribution in [1.82, 2.24) is 14.7 Å². The molecule has 0 spiro atoms. The summed E-state index contributed by atoms with van der Waals surface area (Å²) in [5.41, 5.74) is 0. The number of hydrogen-bond donors (Lipinski definition) is 2. The van der Waals surface area contributed by atoms with Gasteiger partial charge < -0.3 is 20.0 Å². The summed E-state index contributed by atoms with van der Waals surface area (Å²) >= 11 is 0. The maximum atomic E-state index is 9.58. The Morgan fingerprint density at radius 2 is 1.46 bits per heavy atom. The standard InChI is InChI=1S/C19H37N3O2/c1-14(2)22(17-12-19(24)13-17)9-8-21-6-4-15(5-7-21)20(3)16-10-18(23)11-16/h14-19,23-24H,4-13H2,1-3H3. The fraction of sp³-hybridized carbons (Fsp3) is 1.00. The van der Waals surface area contributed by atoms with Crippen LogP contribution in [-0.2, 0) is 0 Å². The Morgan fingerprint density at radius 1 is 0.917 bits per heavy atom. The Bertz CT molecular complexity index is 386. The van der Waals surface area contributed by atoms with Crippen molar-refractivity contribution in [2.75, 3.05) is 33.2 Å². The normalized spacial score (nSPS) is 35.5. The van der Waals surface area contributed by atoms with Gasteiger partial charge in [0.1, 0.15) is 0 Å². The molecule has 1 aliphatic heterocycles. The molecule has 0 aromatic carbocycles. The second-order valence-electron chi connectivity index (χ2n) is 8.63. The van der Waals surface area contributed by atoms with Gasteiger partial charge in [-0.1, -0.05) is 0 Å². The molecule has 3 rings (SSSR count). The van der Waals surface area contributed by atoms with E-state index in [4.69, 9.17) is 0 Å². The summed E-state index contributed by atoms with van der Waals surface area (Å²) in [6.07, 6.45) is 6.24. The number of nitrogens with zero attached hydrogens (tertiary/aromatic N) is 3. The van der Waals surface area contributed by atoms with E-state index in [-0.39, 0.29) is 12.2 Å². The number of aliphatic hydroxyl groups excluding tert-OH is 2. The van der Waals surface area contributed by atoms with Crippen LogP contribution >= 0.6 is 0 Å². The molecule has 0 radical (unpaired) electrons. The van der Waals surface area contributed by atoms with Gasteiger partial charge in [0, 0.05) is 37.3 Å². The first-order chi connectivity index (χ1) is 11.4. The minimum absolute atomic E-state index is 0.0513. The van der Waals surface area contributed by atoms with E-state index >= 15 is 0 Å². The average Bonchev–Trinajstić information content (AvgIpc) is 2.50. The molecule has 24 heavy (non-hydrogen) atoms. The van der Waals surface area contributed by atoms with Gasteiger partial charge in [-0.25, -0.2) is 0 Å². The number of rotatable bonds is 7. The molecular formula is C19H37N3O2. The molecule has 0 amide bonds. The van der Waals surface area contributed by atoms with E-state index < -0.39 is 0 Å². The Hall–Kier alpha value is -0.200. The van der Waals surface area contributed by atoms with Crippen LogP contribution in [0.15, 0.2) is 0 Å². The van der Waals surface area contributed by atoms with Crippen LogP contribution in [0, 0.1) is 0 Å². The fourth-order valence-corrected chi connectivity index (χ4v) is 4.69. The molecule has 0 aromatic heterocycles. The highest BCUT2D eigenvalue weighted by atomic mass is 16.3. The summed E-state index contributed by atoms with van der Waals surface area (Å²) < 4.78 is 0. The molecule has 2 aliphatic carbocycles. The molecule has 2 N–H and O–H groups in total. The van der Waals surface area contributed by atoms with E-state index in [2.05, 4.69) is 35.6 Å². The smallest absolute Gasteiger partial charge is 0.0570 e. The quantitative estimate of drug-likeness (QED) is 0.728. The Morgan fingerprint density at radius 3 is 1.96 bits per heavy atom. The van der Waals surface area contributed by atoms with Gasteiger partial charge >= 0.3 is 0 Å². The number of piperidine rings is 1. The number of hydrogen-bond acceptors (Lipinski definition) is 5. The first-order valence-corrected chi connectivity index (χ1v) is 10.00. The largest absolute Gasteiger partial charge is 0.393 e. The third-order valence-corrected chi connectivity index (χ3v) is 6.69. The predicted molar refractivity (Wildman–Crippen MR) is 97.1 cm³/mol. The predicted octanol–water partition coefficient (Wildman–Crippen LogP) is 1.14. The molecule has 2 saturated carbocycles. The Balaban J connectivity index is 1.37. The van der Waals surface area contributed by atoms with Gasteiger partial charge in [-0.05, 0) is 72.5 Å². The maximum Gasteiger partial charge on any atom is 0.0570 e. The Kier molecular flexibility index (Phi) is 6.20. The molecule has 0 unspecified atom stereocenters. The van der Waals surface area contributed by atoms with Crippen LogP contribution in [0.5, 0.6) is 0 Å². The highest BCUT2D eigenvalue weighted by molar-refractivity contribution is 4.91. The van der Waals surface area contributed by atoms with Crippen molar-refractivity contribution < 1.29 is 10.2 Å². The zero-order chi connectivity index (χ0) is 17.3. The van der Waals surface area contributed by atoms with E-state index in [0.717, 1.165) is 38.8 Å². The lowest BCUT2D eigenvalue weighted by Crippen LogP contribution is -2.54. The maximum absolute atomic E-state index is 9.58. The van der Waals surface area contributed by atoms with Crippen LogP contribution in [0.4, 0.5) is 0 Å². The van der Waals surface area contributed by atoms with Gasteiger partial charge in [0.2, 0.25) is 0 Å². The van der Waals surface area contributed by atoms with Crippen molar-refractivity contribution in [1.29, 1.82) is 0 Å². The van der Waals surface area contributed by atoms with Crippen LogP contribution in [-0.4, -0.2) is 94.5 Å². The van der Waals surface area contributed by atoms with Gasteiger partial charge in [-0.15, -0.1) is 0 Å². The van der Waals surface area contributed by atoms with E-state index in [1.165, 1.54) is 25.9 Å². The van der Waals surface area contributed by atoms with Crippen molar-refractivity contribution in [3.63, 3.8) is 0 Å². The van der Waals surface area contributed by atoms with Gasteiger partial charge in [0.25, 0.3) is 0 Å². The second-order valence-corrected chi connectivity index (χ2v) is 8.63. The third-order valence-electron chi connectivity index (χ3n) is 6.69. The fourth-order valence-electron chi connectivity index (χ4n) is 4.69. The third kappa shape index (κ3) is 4.31. The highest BCUT2D eigenvalue weighted by Gasteiger charge is 2.36.